The van der Waals surface area contributed by atoms with Crippen molar-refractivity contribution in [2.45, 2.75) is 13.3 Å². The minimum absolute atomic E-state index is 0.285. The van der Waals surface area contributed by atoms with Crippen molar-refractivity contribution in [3.05, 3.63) is 59.7 Å². The van der Waals surface area contributed by atoms with Crippen LogP contribution < -0.4 is 10.1 Å². The first-order valence-corrected chi connectivity index (χ1v) is 6.75. The molecular formula is C17H14N2O3. The van der Waals surface area contributed by atoms with Gasteiger partial charge in [0, 0.05) is 12.0 Å². The molecule has 0 heterocycles. The summed E-state index contributed by atoms with van der Waals surface area (Å²) in [7, 11) is 0. The molecule has 5 nitrogen and oxygen atoms in total. The molecule has 2 aromatic rings. The summed E-state index contributed by atoms with van der Waals surface area (Å²) in [5, 5.41) is 11.7. The molecule has 5 heteroatoms. The first-order valence-electron chi connectivity index (χ1n) is 6.75. The first-order chi connectivity index (χ1) is 10.6. The number of nitriles is 1. The molecule has 1 N–H and O–H groups in total. The molecule has 0 saturated carbocycles. The molecule has 0 spiro atoms. The molecule has 0 aliphatic heterocycles. The highest BCUT2D eigenvalue weighted by molar-refractivity contribution is 6.05. The average molecular weight is 294 g/mol. The lowest BCUT2D eigenvalue weighted by Gasteiger charge is -2.07. The van der Waals surface area contributed by atoms with Crippen molar-refractivity contribution in [1.82, 2.24) is 0 Å². The van der Waals surface area contributed by atoms with Gasteiger partial charge < -0.3 is 10.1 Å². The van der Waals surface area contributed by atoms with E-state index in [2.05, 4.69) is 5.32 Å². The lowest BCUT2D eigenvalue weighted by molar-refractivity contribution is -0.134. The summed E-state index contributed by atoms with van der Waals surface area (Å²) in [6.45, 7) is 1.71. The molecule has 0 aliphatic carbocycles. The van der Waals surface area contributed by atoms with E-state index in [0.29, 0.717) is 22.6 Å². The maximum Gasteiger partial charge on any atom is 0.310 e. The third kappa shape index (κ3) is 3.70. The lowest BCUT2D eigenvalue weighted by Crippen LogP contribution is -2.13. The van der Waals surface area contributed by atoms with Crippen LogP contribution in [0.5, 0.6) is 5.75 Å². The Balaban J connectivity index is 2.10. The van der Waals surface area contributed by atoms with Gasteiger partial charge in [-0.2, -0.15) is 5.26 Å². The summed E-state index contributed by atoms with van der Waals surface area (Å²) < 4.78 is 5.04. The molecule has 0 bridgehead atoms. The van der Waals surface area contributed by atoms with Crippen molar-refractivity contribution >= 4 is 17.6 Å². The van der Waals surface area contributed by atoms with Gasteiger partial charge in [0.25, 0.3) is 5.91 Å². The second-order valence-corrected chi connectivity index (χ2v) is 4.46. The number of anilines is 1. The monoisotopic (exact) mass is 294 g/mol. The third-order valence-corrected chi connectivity index (χ3v) is 2.93. The van der Waals surface area contributed by atoms with Crippen molar-refractivity contribution < 1.29 is 14.3 Å². The highest BCUT2D eigenvalue weighted by Crippen LogP contribution is 2.17. The Labute approximate surface area is 128 Å². The Kier molecular flexibility index (Phi) is 4.89. The van der Waals surface area contributed by atoms with Crippen molar-refractivity contribution in [3.8, 4) is 11.8 Å². The molecule has 0 fully saturated rings. The minimum atomic E-state index is -0.337. The largest absolute Gasteiger partial charge is 0.427 e. The average Bonchev–Trinajstić information content (AvgIpc) is 2.55. The number of hydrogen-bond acceptors (Lipinski definition) is 4. The van der Waals surface area contributed by atoms with E-state index in [0.717, 1.165) is 0 Å². The predicted molar refractivity (Wildman–Crippen MR) is 81.5 cm³/mol. The summed E-state index contributed by atoms with van der Waals surface area (Å²) in [5.41, 5.74) is 1.25. The quantitative estimate of drug-likeness (QED) is 0.694. The van der Waals surface area contributed by atoms with Crippen LogP contribution in [-0.4, -0.2) is 11.9 Å². The van der Waals surface area contributed by atoms with Crippen molar-refractivity contribution in [1.29, 1.82) is 5.26 Å². The van der Waals surface area contributed by atoms with Gasteiger partial charge in [-0.3, -0.25) is 9.59 Å². The molecular weight excluding hydrogens is 280 g/mol. The summed E-state index contributed by atoms with van der Waals surface area (Å²) in [6, 6.07) is 15.0. The number of carbonyl (C=O) groups excluding carboxylic acids is 2. The fraction of sp³-hybridized carbons (Fsp3) is 0.118. The Morgan fingerprint density at radius 3 is 2.45 bits per heavy atom. The number of amides is 1. The van der Waals surface area contributed by atoms with Gasteiger partial charge in [0.05, 0.1) is 11.3 Å². The maximum atomic E-state index is 12.1. The summed E-state index contributed by atoms with van der Waals surface area (Å²) in [4.78, 5) is 23.3. The zero-order chi connectivity index (χ0) is 15.9. The number of nitrogens with zero attached hydrogens (tertiary/aromatic N) is 1. The molecule has 110 valence electrons. The molecule has 22 heavy (non-hydrogen) atoms. The van der Waals surface area contributed by atoms with E-state index in [1.807, 2.05) is 6.07 Å². The zero-order valence-corrected chi connectivity index (χ0v) is 12.0. The highest BCUT2D eigenvalue weighted by atomic mass is 16.5. The molecule has 0 atom stereocenters. The number of ether oxygens (including phenoxy) is 1. The minimum Gasteiger partial charge on any atom is -0.427 e. The van der Waals surface area contributed by atoms with Crippen LogP contribution in [0, 0.1) is 11.3 Å². The number of carbonyl (C=O) groups is 2. The van der Waals surface area contributed by atoms with E-state index in [1.165, 1.54) is 0 Å². The van der Waals surface area contributed by atoms with Crippen LogP contribution in [-0.2, 0) is 4.79 Å². The van der Waals surface area contributed by atoms with E-state index < -0.39 is 0 Å². The first kappa shape index (κ1) is 15.3. The summed E-state index contributed by atoms with van der Waals surface area (Å²) in [5.74, 6) is -0.281. The van der Waals surface area contributed by atoms with Gasteiger partial charge in [-0.15, -0.1) is 0 Å². The number of para-hydroxylation sites is 1. The third-order valence-electron chi connectivity index (χ3n) is 2.93. The van der Waals surface area contributed by atoms with Gasteiger partial charge in [0.15, 0.2) is 0 Å². The molecule has 1 amide bonds. The Morgan fingerprint density at radius 2 is 1.82 bits per heavy atom. The summed E-state index contributed by atoms with van der Waals surface area (Å²) >= 11 is 0. The van der Waals surface area contributed by atoms with Crippen LogP contribution in [0.1, 0.15) is 29.3 Å². The van der Waals surface area contributed by atoms with E-state index in [1.54, 1.807) is 55.5 Å². The van der Waals surface area contributed by atoms with Crippen LogP contribution in [0.3, 0.4) is 0 Å². The molecule has 2 rings (SSSR count). The fourth-order valence-corrected chi connectivity index (χ4v) is 1.76. The smallest absolute Gasteiger partial charge is 0.310 e. The van der Waals surface area contributed by atoms with Gasteiger partial charge in [0.2, 0.25) is 0 Å². The Hall–Kier alpha value is -3.13. The van der Waals surface area contributed by atoms with Crippen LogP contribution in [0.4, 0.5) is 5.69 Å². The number of nitrogens with one attached hydrogen (secondary N) is 1. The molecule has 0 radical (unpaired) electrons. The number of benzene rings is 2. The van der Waals surface area contributed by atoms with E-state index in [9.17, 15) is 9.59 Å². The van der Waals surface area contributed by atoms with Gasteiger partial charge in [0.1, 0.15) is 11.8 Å². The van der Waals surface area contributed by atoms with Gasteiger partial charge in [-0.25, -0.2) is 0 Å². The molecule has 0 saturated heterocycles. The zero-order valence-electron chi connectivity index (χ0n) is 12.0. The van der Waals surface area contributed by atoms with Crippen molar-refractivity contribution in [2.75, 3.05) is 5.32 Å². The van der Waals surface area contributed by atoms with Crippen LogP contribution in [0.15, 0.2) is 48.5 Å². The Bertz CT molecular complexity index is 730. The van der Waals surface area contributed by atoms with Crippen LogP contribution in [0.25, 0.3) is 0 Å². The predicted octanol–water partition coefficient (Wildman–Crippen LogP) is 3.13. The normalized spacial score (nSPS) is 9.64. The van der Waals surface area contributed by atoms with Gasteiger partial charge >= 0.3 is 5.97 Å². The molecule has 0 aromatic heterocycles. The standard InChI is InChI=1S/C17H14N2O3/c1-2-16(20)22-14-9-7-12(8-10-14)17(21)19-15-6-4-3-5-13(15)11-18/h3-10H,2H2,1H3,(H,19,21). The van der Waals surface area contributed by atoms with Crippen molar-refractivity contribution in [2.24, 2.45) is 0 Å². The molecule has 0 unspecified atom stereocenters. The van der Waals surface area contributed by atoms with E-state index >= 15 is 0 Å². The van der Waals surface area contributed by atoms with E-state index in [-0.39, 0.29) is 18.3 Å². The van der Waals surface area contributed by atoms with E-state index in [4.69, 9.17) is 10.00 Å². The van der Waals surface area contributed by atoms with Crippen LogP contribution >= 0.6 is 0 Å². The summed E-state index contributed by atoms with van der Waals surface area (Å²) in [6.07, 6.45) is 0.285. The Morgan fingerprint density at radius 1 is 1.14 bits per heavy atom. The molecule has 2 aromatic carbocycles. The second-order valence-electron chi connectivity index (χ2n) is 4.46. The second kappa shape index (κ2) is 7.04. The highest BCUT2D eigenvalue weighted by Gasteiger charge is 2.09. The maximum absolute atomic E-state index is 12.1. The van der Waals surface area contributed by atoms with Gasteiger partial charge in [-0.1, -0.05) is 19.1 Å². The SMILES string of the molecule is CCC(=O)Oc1ccc(C(=O)Nc2ccccc2C#N)cc1. The number of hydrogen-bond donors (Lipinski definition) is 1. The number of esters is 1. The molecule has 0 aliphatic rings. The van der Waals surface area contributed by atoms with Gasteiger partial charge in [-0.05, 0) is 36.4 Å². The fourth-order valence-electron chi connectivity index (χ4n) is 1.76. The number of rotatable bonds is 4. The lowest BCUT2D eigenvalue weighted by atomic mass is 10.1. The van der Waals surface area contributed by atoms with Crippen molar-refractivity contribution in [3.63, 3.8) is 0 Å². The van der Waals surface area contributed by atoms with Crippen LogP contribution in [0.2, 0.25) is 0 Å². The topological polar surface area (TPSA) is 79.2 Å².